The van der Waals surface area contributed by atoms with E-state index in [1.165, 1.54) is 25.0 Å². The van der Waals surface area contributed by atoms with Crippen molar-refractivity contribution in [2.45, 2.75) is 44.2 Å². The summed E-state index contributed by atoms with van der Waals surface area (Å²) in [5.41, 5.74) is -0.204. The molecule has 1 saturated carbocycles. The number of hydrogen-bond acceptors (Lipinski definition) is 4. The van der Waals surface area contributed by atoms with Gasteiger partial charge in [-0.1, -0.05) is 12.1 Å². The molecule has 6 heteroatoms. The van der Waals surface area contributed by atoms with Crippen molar-refractivity contribution in [2.75, 3.05) is 18.0 Å². The summed E-state index contributed by atoms with van der Waals surface area (Å²) in [4.78, 5) is 2.09. The van der Waals surface area contributed by atoms with E-state index in [4.69, 9.17) is 0 Å². The molecule has 0 amide bonds. The highest BCUT2D eigenvalue weighted by Gasteiger charge is 2.40. The van der Waals surface area contributed by atoms with E-state index in [1.807, 2.05) is 0 Å². The lowest BCUT2D eigenvalue weighted by Crippen LogP contribution is -2.32. The van der Waals surface area contributed by atoms with E-state index in [9.17, 15) is 9.50 Å². The number of aromatic nitrogens is 3. The van der Waals surface area contributed by atoms with Crippen molar-refractivity contribution in [1.82, 2.24) is 14.8 Å². The minimum absolute atomic E-state index is 0.285. The maximum absolute atomic E-state index is 13.1. The summed E-state index contributed by atoms with van der Waals surface area (Å²) in [7, 11) is 0. The largest absolute Gasteiger partial charge is 0.383 e. The Bertz CT molecular complexity index is 710. The summed E-state index contributed by atoms with van der Waals surface area (Å²) in [6, 6.07) is 6.13. The van der Waals surface area contributed by atoms with E-state index < -0.39 is 5.60 Å². The van der Waals surface area contributed by atoms with Crippen molar-refractivity contribution in [3.63, 3.8) is 0 Å². The highest BCUT2D eigenvalue weighted by Crippen LogP contribution is 2.41. The first kappa shape index (κ1) is 14.6. The molecule has 0 spiro atoms. The van der Waals surface area contributed by atoms with Crippen LogP contribution in [0.2, 0.25) is 0 Å². The summed E-state index contributed by atoms with van der Waals surface area (Å²) in [5.74, 6) is 2.17. The maximum atomic E-state index is 13.1. The van der Waals surface area contributed by atoms with E-state index in [-0.39, 0.29) is 5.82 Å². The van der Waals surface area contributed by atoms with Crippen LogP contribution in [-0.4, -0.2) is 33.0 Å². The third-order valence-electron chi connectivity index (χ3n) is 4.93. The predicted molar refractivity (Wildman–Crippen MR) is 84.8 cm³/mol. The predicted octanol–water partition coefficient (Wildman–Crippen LogP) is 2.41. The topological polar surface area (TPSA) is 54.2 Å². The summed E-state index contributed by atoms with van der Waals surface area (Å²) < 4.78 is 15.3. The van der Waals surface area contributed by atoms with E-state index in [0.717, 1.165) is 30.4 Å². The molecule has 1 atom stereocenters. The Morgan fingerprint density at radius 1 is 1.26 bits per heavy atom. The number of halogens is 1. The van der Waals surface area contributed by atoms with Crippen LogP contribution in [0.4, 0.5) is 10.3 Å². The van der Waals surface area contributed by atoms with Crippen molar-refractivity contribution < 1.29 is 9.50 Å². The molecule has 1 aromatic carbocycles. The molecule has 2 heterocycles. The molecule has 2 aromatic rings. The van der Waals surface area contributed by atoms with Crippen LogP contribution in [0.15, 0.2) is 24.3 Å². The van der Waals surface area contributed by atoms with Gasteiger partial charge in [0.1, 0.15) is 17.2 Å². The lowest BCUT2D eigenvalue weighted by Gasteiger charge is -2.24. The molecule has 2 fully saturated rings. The molecular weight excluding hydrogens is 295 g/mol. The lowest BCUT2D eigenvalue weighted by molar-refractivity contribution is 0.0605. The maximum Gasteiger partial charge on any atom is 0.227 e. The van der Waals surface area contributed by atoms with Crippen molar-refractivity contribution in [3.05, 3.63) is 41.5 Å². The van der Waals surface area contributed by atoms with Crippen molar-refractivity contribution >= 4 is 5.95 Å². The van der Waals surface area contributed by atoms with Gasteiger partial charge in [0.2, 0.25) is 5.95 Å². The second-order valence-corrected chi connectivity index (χ2v) is 6.59. The lowest BCUT2D eigenvalue weighted by atomic mass is 9.93. The average molecular weight is 316 g/mol. The van der Waals surface area contributed by atoms with Gasteiger partial charge in [-0.25, -0.2) is 4.39 Å². The Kier molecular flexibility index (Phi) is 3.37. The normalized spacial score (nSPS) is 24.4. The zero-order chi connectivity index (χ0) is 16.0. The molecule has 2 aliphatic rings. The first-order chi connectivity index (χ1) is 11.1. The molecule has 1 aliphatic heterocycles. The van der Waals surface area contributed by atoms with Gasteiger partial charge in [-0.15, -0.1) is 10.2 Å². The van der Waals surface area contributed by atoms with Gasteiger partial charge in [-0.05, 0) is 43.9 Å². The van der Waals surface area contributed by atoms with Gasteiger partial charge in [-0.3, -0.25) is 4.57 Å². The summed E-state index contributed by atoms with van der Waals surface area (Å²) in [5, 5.41) is 19.7. The van der Waals surface area contributed by atoms with Crippen LogP contribution in [-0.2, 0) is 12.1 Å². The standard InChI is InChI=1S/C17H21FN4O/c1-2-22-15(12-3-4-12)19-20-16(22)21-10-9-17(23,11-21)13-5-7-14(18)8-6-13/h5-8,12,23H,2-4,9-11H2,1H3. The quantitative estimate of drug-likeness (QED) is 0.941. The Balaban J connectivity index is 1.59. The molecular formula is C17H21FN4O. The van der Waals surface area contributed by atoms with Crippen LogP contribution >= 0.6 is 0 Å². The minimum atomic E-state index is -0.960. The first-order valence-corrected chi connectivity index (χ1v) is 8.27. The summed E-state index contributed by atoms with van der Waals surface area (Å²) in [6.07, 6.45) is 2.99. The summed E-state index contributed by atoms with van der Waals surface area (Å²) in [6.45, 7) is 4.11. The smallest absolute Gasteiger partial charge is 0.227 e. The van der Waals surface area contributed by atoms with E-state index in [2.05, 4.69) is 26.6 Å². The molecule has 5 nitrogen and oxygen atoms in total. The fourth-order valence-electron chi connectivity index (χ4n) is 3.45. The Morgan fingerprint density at radius 2 is 2.00 bits per heavy atom. The van der Waals surface area contributed by atoms with Crippen LogP contribution in [0.3, 0.4) is 0 Å². The van der Waals surface area contributed by atoms with E-state index >= 15 is 0 Å². The number of benzene rings is 1. The number of β-amino-alcohol motifs (C(OH)–C–C–N with tert-alkyl or cyclic N) is 1. The molecule has 0 radical (unpaired) electrons. The molecule has 1 unspecified atom stereocenters. The SMILES string of the molecule is CCn1c(C2CC2)nnc1N1CCC(O)(c2ccc(F)cc2)C1. The second kappa shape index (κ2) is 5.30. The molecule has 1 aromatic heterocycles. The Labute approximate surface area is 134 Å². The van der Waals surface area contributed by atoms with Crippen LogP contribution < -0.4 is 4.90 Å². The number of rotatable bonds is 4. The van der Waals surface area contributed by atoms with Crippen LogP contribution in [0, 0.1) is 5.82 Å². The fourth-order valence-corrected chi connectivity index (χ4v) is 3.45. The van der Waals surface area contributed by atoms with Gasteiger partial charge in [0.25, 0.3) is 0 Å². The van der Waals surface area contributed by atoms with Gasteiger partial charge in [-0.2, -0.15) is 0 Å². The Hall–Kier alpha value is -1.95. The highest BCUT2D eigenvalue weighted by molar-refractivity contribution is 5.39. The van der Waals surface area contributed by atoms with Crippen molar-refractivity contribution in [3.8, 4) is 0 Å². The number of nitrogens with zero attached hydrogens (tertiary/aromatic N) is 4. The molecule has 1 saturated heterocycles. The van der Waals surface area contributed by atoms with Gasteiger partial charge < -0.3 is 10.0 Å². The van der Waals surface area contributed by atoms with Gasteiger partial charge in [0.15, 0.2) is 0 Å². The molecule has 4 rings (SSSR count). The third-order valence-corrected chi connectivity index (χ3v) is 4.93. The van der Waals surface area contributed by atoms with E-state index in [1.54, 1.807) is 12.1 Å². The highest BCUT2D eigenvalue weighted by atomic mass is 19.1. The van der Waals surface area contributed by atoms with E-state index in [0.29, 0.717) is 18.9 Å². The zero-order valence-corrected chi connectivity index (χ0v) is 13.2. The first-order valence-electron chi connectivity index (χ1n) is 8.27. The summed E-state index contributed by atoms with van der Waals surface area (Å²) >= 11 is 0. The molecule has 122 valence electrons. The van der Waals surface area contributed by atoms with Crippen LogP contribution in [0.25, 0.3) is 0 Å². The minimum Gasteiger partial charge on any atom is -0.383 e. The molecule has 23 heavy (non-hydrogen) atoms. The molecule has 0 bridgehead atoms. The van der Waals surface area contributed by atoms with Crippen LogP contribution in [0.1, 0.15) is 43.5 Å². The number of aliphatic hydroxyl groups is 1. The molecule has 1 aliphatic carbocycles. The average Bonchev–Trinajstić information content (AvgIpc) is 3.18. The zero-order valence-electron chi connectivity index (χ0n) is 13.2. The van der Waals surface area contributed by atoms with Gasteiger partial charge >= 0.3 is 0 Å². The van der Waals surface area contributed by atoms with Gasteiger partial charge in [0, 0.05) is 19.0 Å². The number of hydrogen-bond donors (Lipinski definition) is 1. The van der Waals surface area contributed by atoms with Crippen molar-refractivity contribution in [1.29, 1.82) is 0 Å². The third kappa shape index (κ3) is 2.51. The Morgan fingerprint density at radius 3 is 2.65 bits per heavy atom. The monoisotopic (exact) mass is 316 g/mol. The van der Waals surface area contributed by atoms with Gasteiger partial charge in [0.05, 0.1) is 6.54 Å². The molecule has 1 N–H and O–H groups in total. The number of anilines is 1. The van der Waals surface area contributed by atoms with Crippen molar-refractivity contribution in [2.24, 2.45) is 0 Å². The second-order valence-electron chi connectivity index (χ2n) is 6.59. The van der Waals surface area contributed by atoms with Crippen LogP contribution in [0.5, 0.6) is 0 Å². The fraction of sp³-hybridized carbons (Fsp3) is 0.529.